The van der Waals surface area contributed by atoms with E-state index in [1.54, 1.807) is 29.5 Å². The van der Waals surface area contributed by atoms with Gasteiger partial charge in [0.1, 0.15) is 5.82 Å². The van der Waals surface area contributed by atoms with E-state index in [4.69, 9.17) is 0 Å². The van der Waals surface area contributed by atoms with Gasteiger partial charge in [-0.25, -0.2) is 9.97 Å². The summed E-state index contributed by atoms with van der Waals surface area (Å²) in [6.07, 6.45) is 1.42. The summed E-state index contributed by atoms with van der Waals surface area (Å²) in [6, 6.07) is 7.17. The SMILES string of the molecule is Cc1nc(CCNC(=O)CCc2nc3ccccc3c(=O)[nH]2)cs1. The zero-order chi connectivity index (χ0) is 16.9. The van der Waals surface area contributed by atoms with Crippen molar-refractivity contribution in [3.63, 3.8) is 0 Å². The van der Waals surface area contributed by atoms with E-state index in [0.29, 0.717) is 29.7 Å². The summed E-state index contributed by atoms with van der Waals surface area (Å²) in [7, 11) is 0. The van der Waals surface area contributed by atoms with Gasteiger partial charge < -0.3 is 10.3 Å². The topological polar surface area (TPSA) is 87.7 Å². The van der Waals surface area contributed by atoms with Crippen molar-refractivity contribution in [2.45, 2.75) is 26.2 Å². The number of para-hydroxylation sites is 1. The van der Waals surface area contributed by atoms with E-state index < -0.39 is 0 Å². The number of fused-ring (bicyclic) bond motifs is 1. The molecule has 0 radical (unpaired) electrons. The molecule has 0 saturated carbocycles. The monoisotopic (exact) mass is 342 g/mol. The minimum atomic E-state index is -0.171. The number of amides is 1. The van der Waals surface area contributed by atoms with E-state index in [2.05, 4.69) is 20.3 Å². The molecule has 6 nitrogen and oxygen atoms in total. The van der Waals surface area contributed by atoms with Crippen molar-refractivity contribution in [3.8, 4) is 0 Å². The lowest BCUT2D eigenvalue weighted by molar-refractivity contribution is -0.121. The standard InChI is InChI=1S/C17H18N4O2S/c1-11-19-12(10-24-11)8-9-18-16(22)7-6-15-20-14-5-3-2-4-13(14)17(23)21-15/h2-5,10H,6-9H2,1H3,(H,18,22)(H,20,21,23). The average Bonchev–Trinajstić information content (AvgIpc) is 2.98. The van der Waals surface area contributed by atoms with Gasteiger partial charge >= 0.3 is 0 Å². The fourth-order valence-electron chi connectivity index (χ4n) is 2.43. The third-order valence-corrected chi connectivity index (χ3v) is 4.44. The average molecular weight is 342 g/mol. The Labute approximate surface area is 143 Å². The molecule has 0 bridgehead atoms. The van der Waals surface area contributed by atoms with Crippen LogP contribution >= 0.6 is 11.3 Å². The fraction of sp³-hybridized carbons (Fsp3) is 0.294. The molecular weight excluding hydrogens is 324 g/mol. The molecule has 1 amide bonds. The van der Waals surface area contributed by atoms with E-state index in [1.807, 2.05) is 18.4 Å². The lowest BCUT2D eigenvalue weighted by Crippen LogP contribution is -2.26. The zero-order valence-corrected chi connectivity index (χ0v) is 14.2. The van der Waals surface area contributed by atoms with Gasteiger partial charge in [-0.05, 0) is 19.1 Å². The predicted molar refractivity (Wildman–Crippen MR) is 94.2 cm³/mol. The maximum atomic E-state index is 12.0. The second-order valence-electron chi connectivity index (χ2n) is 5.49. The molecule has 0 aliphatic rings. The Morgan fingerprint density at radius 1 is 1.25 bits per heavy atom. The Balaban J connectivity index is 1.51. The normalized spacial score (nSPS) is 10.9. The third-order valence-electron chi connectivity index (χ3n) is 3.62. The predicted octanol–water partition coefficient (Wildman–Crippen LogP) is 1.98. The number of aromatic amines is 1. The first kappa shape index (κ1) is 16.3. The van der Waals surface area contributed by atoms with E-state index in [9.17, 15) is 9.59 Å². The number of aryl methyl sites for hydroxylation is 2. The summed E-state index contributed by atoms with van der Waals surface area (Å²) in [5.74, 6) is 0.474. The van der Waals surface area contributed by atoms with Crippen molar-refractivity contribution in [1.29, 1.82) is 0 Å². The van der Waals surface area contributed by atoms with Crippen LogP contribution in [0, 0.1) is 6.92 Å². The summed E-state index contributed by atoms with van der Waals surface area (Å²) < 4.78 is 0. The lowest BCUT2D eigenvalue weighted by atomic mass is 10.2. The Morgan fingerprint density at radius 2 is 2.08 bits per heavy atom. The number of carbonyl (C=O) groups is 1. The van der Waals surface area contributed by atoms with Crippen LogP contribution in [0.3, 0.4) is 0 Å². The van der Waals surface area contributed by atoms with Crippen LogP contribution in [0.5, 0.6) is 0 Å². The van der Waals surface area contributed by atoms with E-state index in [-0.39, 0.29) is 17.9 Å². The molecule has 0 spiro atoms. The Morgan fingerprint density at radius 3 is 2.88 bits per heavy atom. The van der Waals surface area contributed by atoms with Crippen LogP contribution in [-0.2, 0) is 17.6 Å². The largest absolute Gasteiger partial charge is 0.356 e. The molecule has 0 fully saturated rings. The third kappa shape index (κ3) is 4.05. The fourth-order valence-corrected chi connectivity index (χ4v) is 3.07. The maximum Gasteiger partial charge on any atom is 0.258 e. The molecule has 1 aromatic carbocycles. The molecule has 2 heterocycles. The number of carbonyl (C=O) groups excluding carboxylic acids is 1. The quantitative estimate of drug-likeness (QED) is 0.717. The highest BCUT2D eigenvalue weighted by Gasteiger charge is 2.07. The molecule has 24 heavy (non-hydrogen) atoms. The minimum Gasteiger partial charge on any atom is -0.356 e. The van der Waals surface area contributed by atoms with Crippen LogP contribution in [0.4, 0.5) is 0 Å². The molecule has 3 rings (SSSR count). The van der Waals surface area contributed by atoms with Crippen molar-refractivity contribution < 1.29 is 4.79 Å². The maximum absolute atomic E-state index is 12.0. The van der Waals surface area contributed by atoms with Crippen LogP contribution in [0.15, 0.2) is 34.4 Å². The summed E-state index contributed by atoms with van der Waals surface area (Å²) >= 11 is 1.61. The molecule has 0 unspecified atom stereocenters. The van der Waals surface area contributed by atoms with Crippen molar-refractivity contribution >= 4 is 28.1 Å². The molecule has 2 N–H and O–H groups in total. The molecule has 0 aliphatic heterocycles. The summed E-state index contributed by atoms with van der Waals surface area (Å²) in [5.41, 5.74) is 1.48. The number of thiazole rings is 1. The second kappa shape index (κ2) is 7.35. The van der Waals surface area contributed by atoms with Crippen LogP contribution in [0.2, 0.25) is 0 Å². The smallest absolute Gasteiger partial charge is 0.258 e. The Kier molecular flexibility index (Phi) is 5.00. The van der Waals surface area contributed by atoms with Gasteiger partial charge in [0.25, 0.3) is 5.56 Å². The number of benzene rings is 1. The summed E-state index contributed by atoms with van der Waals surface area (Å²) in [5, 5.41) is 6.46. The van der Waals surface area contributed by atoms with Crippen LogP contribution < -0.4 is 10.9 Å². The lowest BCUT2D eigenvalue weighted by Gasteiger charge is -2.05. The first-order valence-corrected chi connectivity index (χ1v) is 8.65. The molecule has 7 heteroatoms. The first-order valence-electron chi connectivity index (χ1n) is 7.77. The molecular formula is C17H18N4O2S. The van der Waals surface area contributed by atoms with Crippen LogP contribution in [-0.4, -0.2) is 27.4 Å². The number of hydrogen-bond donors (Lipinski definition) is 2. The van der Waals surface area contributed by atoms with E-state index in [1.165, 1.54) is 0 Å². The van der Waals surface area contributed by atoms with Crippen molar-refractivity contribution in [2.75, 3.05) is 6.54 Å². The van der Waals surface area contributed by atoms with Crippen LogP contribution in [0.1, 0.15) is 22.9 Å². The van der Waals surface area contributed by atoms with Gasteiger partial charge in [0.2, 0.25) is 5.91 Å². The minimum absolute atomic E-state index is 0.0576. The zero-order valence-electron chi connectivity index (χ0n) is 13.3. The van der Waals surface area contributed by atoms with E-state index in [0.717, 1.165) is 17.1 Å². The Bertz CT molecular complexity index is 916. The molecule has 0 aliphatic carbocycles. The number of hydrogen-bond acceptors (Lipinski definition) is 5. The van der Waals surface area contributed by atoms with Crippen molar-refractivity contribution in [1.82, 2.24) is 20.3 Å². The van der Waals surface area contributed by atoms with Crippen molar-refractivity contribution in [3.05, 3.63) is 56.5 Å². The van der Waals surface area contributed by atoms with Gasteiger partial charge in [-0.3, -0.25) is 9.59 Å². The second-order valence-corrected chi connectivity index (χ2v) is 6.55. The van der Waals surface area contributed by atoms with Gasteiger partial charge in [-0.15, -0.1) is 11.3 Å². The van der Waals surface area contributed by atoms with Gasteiger partial charge in [0.15, 0.2) is 0 Å². The number of aromatic nitrogens is 3. The molecule has 3 aromatic rings. The van der Waals surface area contributed by atoms with Gasteiger partial charge in [-0.1, -0.05) is 12.1 Å². The molecule has 0 atom stereocenters. The highest BCUT2D eigenvalue weighted by Crippen LogP contribution is 2.08. The highest BCUT2D eigenvalue weighted by atomic mass is 32.1. The van der Waals surface area contributed by atoms with Gasteiger partial charge in [0, 0.05) is 31.2 Å². The molecule has 0 saturated heterocycles. The summed E-state index contributed by atoms with van der Waals surface area (Å²) in [6.45, 7) is 2.52. The van der Waals surface area contributed by atoms with Gasteiger partial charge in [-0.2, -0.15) is 0 Å². The number of nitrogens with zero attached hydrogens (tertiary/aromatic N) is 2. The van der Waals surface area contributed by atoms with E-state index >= 15 is 0 Å². The van der Waals surface area contributed by atoms with Crippen molar-refractivity contribution in [2.24, 2.45) is 0 Å². The van der Waals surface area contributed by atoms with Gasteiger partial charge in [0.05, 0.1) is 21.6 Å². The number of rotatable bonds is 6. The first-order chi connectivity index (χ1) is 11.6. The number of nitrogens with one attached hydrogen (secondary N) is 2. The van der Waals surface area contributed by atoms with Crippen LogP contribution in [0.25, 0.3) is 10.9 Å². The Hall–Kier alpha value is -2.54. The number of H-pyrrole nitrogens is 1. The summed E-state index contributed by atoms with van der Waals surface area (Å²) in [4.78, 5) is 35.4. The highest BCUT2D eigenvalue weighted by molar-refractivity contribution is 7.09. The molecule has 2 aromatic heterocycles. The molecule has 124 valence electrons.